The molecule has 0 atom stereocenters. The van der Waals surface area contributed by atoms with Crippen LogP contribution in [0, 0.1) is 0 Å². The Kier molecular flexibility index (Phi) is 6.73. The van der Waals surface area contributed by atoms with E-state index >= 15 is 0 Å². The molecule has 7 nitrogen and oxygen atoms in total. The summed E-state index contributed by atoms with van der Waals surface area (Å²) in [7, 11) is -0.922. The molecular weight excluding hydrogens is 414 g/mol. The summed E-state index contributed by atoms with van der Waals surface area (Å²) >= 11 is 0. The van der Waals surface area contributed by atoms with E-state index in [2.05, 4.69) is 10.3 Å². The number of carbonyl (C=O) groups is 1. The predicted octanol–water partition coefficient (Wildman–Crippen LogP) is 4.22. The van der Waals surface area contributed by atoms with Crippen molar-refractivity contribution in [3.63, 3.8) is 0 Å². The van der Waals surface area contributed by atoms with Crippen LogP contribution in [0.2, 0.25) is 0 Å². The largest absolute Gasteiger partial charge is 0.492 e. The van der Waals surface area contributed by atoms with Crippen molar-refractivity contribution in [1.29, 1.82) is 0 Å². The third-order valence-corrected chi connectivity index (χ3v) is 5.01. The molecule has 2 heterocycles. The fraction of sp³-hybridized carbons (Fsp3) is 0.600. The van der Waals surface area contributed by atoms with Crippen LogP contribution in [0.25, 0.3) is 6.08 Å². The molecule has 0 unspecified atom stereocenters. The van der Waals surface area contributed by atoms with Gasteiger partial charge < -0.3 is 25.1 Å². The number of hydrogen-bond acceptors (Lipinski definition) is 6. The Morgan fingerprint density at radius 3 is 2.26 bits per heavy atom. The summed E-state index contributed by atoms with van der Waals surface area (Å²) in [4.78, 5) is 15.8. The van der Waals surface area contributed by atoms with Gasteiger partial charge in [0.1, 0.15) is 11.4 Å². The van der Waals surface area contributed by atoms with Crippen molar-refractivity contribution in [2.45, 2.75) is 71.4 Å². The van der Waals surface area contributed by atoms with Crippen LogP contribution >= 0.6 is 0 Å². The summed E-state index contributed by atoms with van der Waals surface area (Å²) < 4.78 is 56.6. The minimum Gasteiger partial charge on any atom is -0.444 e. The molecular formula is C20H29BF3N3O4. The van der Waals surface area contributed by atoms with Crippen molar-refractivity contribution in [2.75, 3.05) is 12.3 Å². The monoisotopic (exact) mass is 443 g/mol. The number of pyridine rings is 1. The maximum absolute atomic E-state index is 13.1. The number of carbonyl (C=O) groups excluding carboxylic acids is 1. The molecule has 0 radical (unpaired) electrons. The molecule has 0 aromatic carbocycles. The van der Waals surface area contributed by atoms with Crippen LogP contribution in [0.15, 0.2) is 17.7 Å². The van der Waals surface area contributed by atoms with Gasteiger partial charge >= 0.3 is 19.4 Å². The van der Waals surface area contributed by atoms with Gasteiger partial charge in [0.05, 0.1) is 16.8 Å². The standard InChI is InChI=1S/C20H29BF3N3O4/c1-17(2,3)29-16(28)27-11-14(21-30-18(4,5)19(6,7)31-21)9-12-8-13(20(22,23)24)10-26-15(12)25/h8-10H,11H2,1-7H3,(H2,25,26)(H,27,28). The maximum Gasteiger partial charge on any atom is 0.492 e. The summed E-state index contributed by atoms with van der Waals surface area (Å²) in [6.45, 7) is 12.4. The van der Waals surface area contributed by atoms with Crippen LogP contribution < -0.4 is 11.1 Å². The van der Waals surface area contributed by atoms with E-state index in [0.717, 1.165) is 6.07 Å². The van der Waals surface area contributed by atoms with Gasteiger partial charge in [-0.25, -0.2) is 9.78 Å². The number of nitrogens with one attached hydrogen (secondary N) is 1. The number of aromatic nitrogens is 1. The van der Waals surface area contributed by atoms with Crippen LogP contribution in [0.3, 0.4) is 0 Å². The normalized spacial score (nSPS) is 18.8. The minimum absolute atomic E-state index is 0.0329. The van der Waals surface area contributed by atoms with Crippen LogP contribution in [0.5, 0.6) is 0 Å². The predicted molar refractivity (Wildman–Crippen MR) is 112 cm³/mol. The quantitative estimate of drug-likeness (QED) is 0.677. The molecule has 0 bridgehead atoms. The van der Waals surface area contributed by atoms with Crippen LogP contribution in [0.1, 0.15) is 59.6 Å². The van der Waals surface area contributed by atoms with Gasteiger partial charge in [-0.05, 0) is 60.0 Å². The van der Waals surface area contributed by atoms with E-state index in [9.17, 15) is 18.0 Å². The molecule has 1 aromatic heterocycles. The maximum atomic E-state index is 13.1. The van der Waals surface area contributed by atoms with Crippen molar-refractivity contribution >= 4 is 25.1 Å². The number of nitrogens with two attached hydrogens (primary N) is 1. The number of nitrogens with zero attached hydrogens (tertiary/aromatic N) is 1. The van der Waals surface area contributed by atoms with Gasteiger partial charge in [0.2, 0.25) is 0 Å². The van der Waals surface area contributed by atoms with Crippen LogP contribution in [-0.4, -0.2) is 41.5 Å². The number of alkyl carbamates (subject to hydrolysis) is 1. The molecule has 1 aliphatic rings. The number of ether oxygens (including phenoxy) is 1. The third-order valence-electron chi connectivity index (χ3n) is 5.01. The lowest BCUT2D eigenvalue weighted by molar-refractivity contribution is -0.137. The number of nitrogen functional groups attached to an aromatic ring is 1. The second-order valence-corrected chi connectivity index (χ2v) is 9.36. The van der Waals surface area contributed by atoms with Crippen LogP contribution in [-0.2, 0) is 20.2 Å². The van der Waals surface area contributed by atoms with E-state index in [4.69, 9.17) is 19.8 Å². The fourth-order valence-electron chi connectivity index (χ4n) is 2.65. The number of rotatable bonds is 4. The zero-order valence-electron chi connectivity index (χ0n) is 18.8. The Bertz CT molecular complexity index is 848. The average molecular weight is 443 g/mol. The molecule has 172 valence electrons. The summed E-state index contributed by atoms with van der Waals surface area (Å²) in [5, 5.41) is 2.58. The first-order valence-corrected chi connectivity index (χ1v) is 9.77. The SMILES string of the molecule is CC(C)(C)OC(=O)NCC(=Cc1cc(C(F)(F)F)cnc1N)B1OC(C)(C)C(C)(C)O1. The molecule has 3 N–H and O–H groups in total. The highest BCUT2D eigenvalue weighted by molar-refractivity contribution is 6.56. The number of amides is 1. The van der Waals surface area contributed by atoms with Gasteiger partial charge in [0, 0.05) is 18.3 Å². The first-order chi connectivity index (χ1) is 13.9. The number of halogens is 3. The first kappa shape index (κ1) is 25.0. The lowest BCUT2D eigenvalue weighted by Gasteiger charge is -2.32. The Morgan fingerprint density at radius 2 is 1.77 bits per heavy atom. The van der Waals surface area contributed by atoms with Crippen LogP contribution in [0.4, 0.5) is 23.8 Å². The molecule has 0 spiro atoms. The highest BCUT2D eigenvalue weighted by atomic mass is 19.4. The highest BCUT2D eigenvalue weighted by Crippen LogP contribution is 2.39. The van der Waals surface area contributed by atoms with Crippen molar-refractivity contribution < 1.29 is 32.0 Å². The molecule has 2 rings (SSSR count). The van der Waals surface area contributed by atoms with Crippen molar-refractivity contribution in [2.24, 2.45) is 0 Å². The minimum atomic E-state index is -4.58. The zero-order chi connectivity index (χ0) is 23.8. The zero-order valence-corrected chi connectivity index (χ0v) is 18.8. The van der Waals surface area contributed by atoms with Gasteiger partial charge in [-0.15, -0.1) is 0 Å². The number of hydrogen-bond donors (Lipinski definition) is 2. The lowest BCUT2D eigenvalue weighted by atomic mass is 9.77. The Labute approximate surface area is 180 Å². The van der Waals surface area contributed by atoms with E-state index in [1.54, 1.807) is 20.8 Å². The lowest BCUT2D eigenvalue weighted by Crippen LogP contribution is -2.41. The van der Waals surface area contributed by atoms with Crippen molar-refractivity contribution in [3.8, 4) is 0 Å². The molecule has 31 heavy (non-hydrogen) atoms. The summed E-state index contributed by atoms with van der Waals surface area (Å²) in [6, 6.07) is 0.890. The van der Waals surface area contributed by atoms with E-state index < -0.39 is 41.8 Å². The molecule has 1 amide bonds. The molecule has 11 heteroatoms. The second kappa shape index (κ2) is 8.35. The molecule has 1 saturated heterocycles. The summed E-state index contributed by atoms with van der Waals surface area (Å²) in [5.41, 5.74) is 3.15. The van der Waals surface area contributed by atoms with Crippen molar-refractivity contribution in [1.82, 2.24) is 10.3 Å². The molecule has 0 aliphatic carbocycles. The van der Waals surface area contributed by atoms with E-state index in [1.165, 1.54) is 6.08 Å². The Balaban J connectivity index is 2.40. The smallest absolute Gasteiger partial charge is 0.444 e. The van der Waals surface area contributed by atoms with E-state index in [0.29, 0.717) is 11.7 Å². The number of alkyl halides is 3. The van der Waals surface area contributed by atoms with Gasteiger partial charge in [-0.3, -0.25) is 0 Å². The van der Waals surface area contributed by atoms with Gasteiger partial charge in [0.25, 0.3) is 0 Å². The third kappa shape index (κ3) is 6.36. The number of anilines is 1. The highest BCUT2D eigenvalue weighted by Gasteiger charge is 2.52. The topological polar surface area (TPSA) is 95.7 Å². The average Bonchev–Trinajstić information content (AvgIpc) is 2.78. The van der Waals surface area contributed by atoms with Gasteiger partial charge in [-0.1, -0.05) is 6.08 Å². The molecule has 1 fully saturated rings. The Morgan fingerprint density at radius 1 is 1.23 bits per heavy atom. The molecule has 1 aliphatic heterocycles. The Hall–Kier alpha value is -2.27. The van der Waals surface area contributed by atoms with Gasteiger partial charge in [-0.2, -0.15) is 13.2 Å². The second-order valence-electron chi connectivity index (χ2n) is 9.36. The fourth-order valence-corrected chi connectivity index (χ4v) is 2.65. The molecule has 1 aromatic rings. The summed E-state index contributed by atoms with van der Waals surface area (Å²) in [6.07, 6.45) is -3.22. The van der Waals surface area contributed by atoms with E-state index in [-0.39, 0.29) is 17.9 Å². The van der Waals surface area contributed by atoms with Gasteiger partial charge in [0.15, 0.2) is 0 Å². The van der Waals surface area contributed by atoms with Crippen molar-refractivity contribution in [3.05, 3.63) is 28.9 Å². The van der Waals surface area contributed by atoms with E-state index in [1.807, 2.05) is 27.7 Å². The first-order valence-electron chi connectivity index (χ1n) is 9.77. The molecule has 0 saturated carbocycles. The summed E-state index contributed by atoms with van der Waals surface area (Å²) in [5.74, 6) is -0.0979.